The molecule has 0 aromatic heterocycles. The third kappa shape index (κ3) is 1.97. The number of hydrogen-bond donors (Lipinski definition) is 1. The van der Waals surface area contributed by atoms with E-state index in [1.807, 2.05) is 36.4 Å². The highest BCUT2D eigenvalue weighted by Crippen LogP contribution is 2.42. The van der Waals surface area contributed by atoms with Gasteiger partial charge in [-0.25, -0.2) is 4.79 Å². The molecule has 0 radical (unpaired) electrons. The van der Waals surface area contributed by atoms with Crippen LogP contribution in [0, 0.1) is 0 Å². The molecule has 1 saturated heterocycles. The molecule has 0 unspecified atom stereocenters. The summed E-state index contributed by atoms with van der Waals surface area (Å²) in [7, 11) is 0. The second kappa shape index (κ2) is 4.99. The van der Waals surface area contributed by atoms with Crippen molar-refractivity contribution in [1.29, 1.82) is 0 Å². The van der Waals surface area contributed by atoms with Crippen molar-refractivity contribution in [1.82, 2.24) is 10.2 Å². The predicted octanol–water partition coefficient (Wildman–Crippen LogP) is 2.31. The van der Waals surface area contributed by atoms with E-state index in [-0.39, 0.29) is 25.3 Å². The van der Waals surface area contributed by atoms with Gasteiger partial charge in [0.05, 0.1) is 6.54 Å². The summed E-state index contributed by atoms with van der Waals surface area (Å²) in [6.45, 7) is 0.410. The topological polar surface area (TPSA) is 67.9 Å². The Morgan fingerprint density at radius 1 is 1.08 bits per heavy atom. The maximum Gasteiger partial charge on any atom is 0.325 e. The van der Waals surface area contributed by atoms with E-state index in [4.69, 9.17) is 9.47 Å². The third-order valence-corrected chi connectivity index (χ3v) is 5.20. The number of rotatable bonds is 2. The number of aryl methyl sites for hydroxylation is 1. The molecule has 25 heavy (non-hydrogen) atoms. The zero-order valence-electron chi connectivity index (χ0n) is 13.5. The van der Waals surface area contributed by atoms with Crippen LogP contribution < -0.4 is 14.8 Å². The minimum Gasteiger partial charge on any atom is -0.454 e. The third-order valence-electron chi connectivity index (χ3n) is 5.20. The number of imide groups is 1. The van der Waals surface area contributed by atoms with Gasteiger partial charge in [0.1, 0.15) is 5.54 Å². The summed E-state index contributed by atoms with van der Waals surface area (Å²) in [5.74, 6) is 1.15. The Hall–Kier alpha value is -3.02. The number of nitrogens with zero attached hydrogens (tertiary/aromatic N) is 1. The molecular weight excluding hydrogens is 320 g/mol. The van der Waals surface area contributed by atoms with E-state index >= 15 is 0 Å². The summed E-state index contributed by atoms with van der Waals surface area (Å²) in [6.07, 6.45) is 1.40. The zero-order chi connectivity index (χ0) is 17.0. The minimum atomic E-state index is -0.913. The number of amides is 3. The van der Waals surface area contributed by atoms with Gasteiger partial charge in [0.15, 0.2) is 11.5 Å². The monoisotopic (exact) mass is 336 g/mol. The van der Waals surface area contributed by atoms with E-state index in [0.29, 0.717) is 17.9 Å². The Labute approximate surface area is 144 Å². The smallest absolute Gasteiger partial charge is 0.325 e. The van der Waals surface area contributed by atoms with E-state index in [2.05, 4.69) is 5.32 Å². The van der Waals surface area contributed by atoms with Crippen LogP contribution in [0.25, 0.3) is 0 Å². The van der Waals surface area contributed by atoms with E-state index in [1.54, 1.807) is 6.07 Å². The van der Waals surface area contributed by atoms with Gasteiger partial charge in [0, 0.05) is 0 Å². The molecule has 0 bridgehead atoms. The average molecular weight is 336 g/mol. The maximum atomic E-state index is 13.1. The summed E-state index contributed by atoms with van der Waals surface area (Å²) in [6, 6.07) is 12.9. The summed E-state index contributed by atoms with van der Waals surface area (Å²) < 4.78 is 10.7. The van der Waals surface area contributed by atoms with Gasteiger partial charge in [-0.05, 0) is 41.7 Å². The van der Waals surface area contributed by atoms with Gasteiger partial charge in [-0.15, -0.1) is 0 Å². The van der Waals surface area contributed by atoms with Crippen LogP contribution >= 0.6 is 0 Å². The number of carbonyl (C=O) groups excluding carboxylic acids is 2. The Morgan fingerprint density at radius 3 is 2.84 bits per heavy atom. The van der Waals surface area contributed by atoms with E-state index in [0.717, 1.165) is 23.1 Å². The zero-order valence-corrected chi connectivity index (χ0v) is 13.5. The lowest BCUT2D eigenvalue weighted by atomic mass is 9.92. The second-order valence-electron chi connectivity index (χ2n) is 6.57. The minimum absolute atomic E-state index is 0.180. The maximum absolute atomic E-state index is 13.1. The van der Waals surface area contributed by atoms with Crippen molar-refractivity contribution in [2.75, 3.05) is 6.79 Å². The molecule has 2 aromatic rings. The fourth-order valence-electron chi connectivity index (χ4n) is 3.96. The molecule has 2 heterocycles. The van der Waals surface area contributed by atoms with Crippen LogP contribution in [0.3, 0.4) is 0 Å². The summed E-state index contributed by atoms with van der Waals surface area (Å²) in [4.78, 5) is 27.0. The molecule has 1 aliphatic carbocycles. The number of hydrogen-bond acceptors (Lipinski definition) is 4. The van der Waals surface area contributed by atoms with Crippen molar-refractivity contribution >= 4 is 11.9 Å². The molecule has 0 saturated carbocycles. The molecule has 3 amide bonds. The van der Waals surface area contributed by atoms with Crippen molar-refractivity contribution in [3.05, 3.63) is 59.2 Å². The molecule has 6 heteroatoms. The number of carbonyl (C=O) groups is 2. The average Bonchev–Trinajstić information content (AvgIpc) is 3.29. The number of urea groups is 1. The Kier molecular flexibility index (Phi) is 2.86. The molecule has 6 nitrogen and oxygen atoms in total. The second-order valence-corrected chi connectivity index (χ2v) is 6.57. The first kappa shape index (κ1) is 14.3. The highest BCUT2D eigenvalue weighted by Gasteiger charge is 2.55. The van der Waals surface area contributed by atoms with Gasteiger partial charge in [0.2, 0.25) is 6.79 Å². The van der Waals surface area contributed by atoms with Gasteiger partial charge in [0.25, 0.3) is 5.91 Å². The van der Waals surface area contributed by atoms with Crippen LogP contribution in [0.1, 0.15) is 23.1 Å². The van der Waals surface area contributed by atoms with Gasteiger partial charge < -0.3 is 14.8 Å². The normalized spacial score (nSPS) is 23.3. The molecule has 1 fully saturated rings. The first-order valence-electron chi connectivity index (χ1n) is 8.28. The largest absolute Gasteiger partial charge is 0.454 e. The van der Waals surface area contributed by atoms with Crippen molar-refractivity contribution in [2.45, 2.75) is 24.9 Å². The molecule has 1 spiro atoms. The first-order chi connectivity index (χ1) is 12.2. The lowest BCUT2D eigenvalue weighted by Crippen LogP contribution is -2.41. The SMILES string of the molecule is O=C1N[C@@]2(CCc3ccccc32)C(=O)N1Cc1ccc2c(c1)OCO2. The van der Waals surface area contributed by atoms with Crippen LogP contribution in [0.4, 0.5) is 4.79 Å². The number of ether oxygens (including phenoxy) is 2. The van der Waals surface area contributed by atoms with Crippen LogP contribution in [0.2, 0.25) is 0 Å². The highest BCUT2D eigenvalue weighted by molar-refractivity contribution is 6.08. The Morgan fingerprint density at radius 2 is 1.92 bits per heavy atom. The summed E-state index contributed by atoms with van der Waals surface area (Å²) >= 11 is 0. The number of fused-ring (bicyclic) bond motifs is 3. The fourth-order valence-corrected chi connectivity index (χ4v) is 3.96. The number of benzene rings is 2. The standard InChI is InChI=1S/C19H16N2O4/c22-17-19(8-7-13-3-1-2-4-14(13)19)20-18(23)21(17)10-12-5-6-15-16(9-12)25-11-24-15/h1-6,9H,7-8,10-11H2,(H,20,23)/t19-/m1/s1. The highest BCUT2D eigenvalue weighted by atomic mass is 16.7. The lowest BCUT2D eigenvalue weighted by molar-refractivity contribution is -0.132. The van der Waals surface area contributed by atoms with Gasteiger partial charge in [-0.2, -0.15) is 0 Å². The van der Waals surface area contributed by atoms with Gasteiger partial charge >= 0.3 is 6.03 Å². The van der Waals surface area contributed by atoms with Crippen LogP contribution in [0.15, 0.2) is 42.5 Å². The summed E-state index contributed by atoms with van der Waals surface area (Å²) in [5, 5.41) is 2.94. The fraction of sp³-hybridized carbons (Fsp3) is 0.263. The van der Waals surface area contributed by atoms with Crippen LogP contribution in [0.5, 0.6) is 11.5 Å². The lowest BCUT2D eigenvalue weighted by Gasteiger charge is -2.22. The molecule has 5 rings (SSSR count). The molecular formula is C19H16N2O4. The van der Waals surface area contributed by atoms with Crippen molar-refractivity contribution < 1.29 is 19.1 Å². The Balaban J connectivity index is 1.46. The van der Waals surface area contributed by atoms with Crippen molar-refractivity contribution in [2.24, 2.45) is 0 Å². The van der Waals surface area contributed by atoms with Crippen LogP contribution in [-0.2, 0) is 23.3 Å². The van der Waals surface area contributed by atoms with E-state index < -0.39 is 5.54 Å². The molecule has 2 aliphatic heterocycles. The van der Waals surface area contributed by atoms with Crippen LogP contribution in [-0.4, -0.2) is 23.6 Å². The Bertz CT molecular complexity index is 910. The molecule has 1 atom stereocenters. The molecule has 2 aromatic carbocycles. The van der Waals surface area contributed by atoms with Gasteiger partial charge in [-0.1, -0.05) is 30.3 Å². The van der Waals surface area contributed by atoms with Crippen molar-refractivity contribution in [3.8, 4) is 11.5 Å². The molecule has 3 aliphatic rings. The first-order valence-corrected chi connectivity index (χ1v) is 8.28. The summed E-state index contributed by atoms with van der Waals surface area (Å²) in [5.41, 5.74) is 1.96. The predicted molar refractivity (Wildman–Crippen MR) is 88.1 cm³/mol. The molecule has 1 N–H and O–H groups in total. The van der Waals surface area contributed by atoms with Crippen molar-refractivity contribution in [3.63, 3.8) is 0 Å². The number of nitrogens with one attached hydrogen (secondary N) is 1. The van der Waals surface area contributed by atoms with E-state index in [9.17, 15) is 9.59 Å². The molecule has 126 valence electrons. The van der Waals surface area contributed by atoms with Gasteiger partial charge in [-0.3, -0.25) is 9.69 Å². The van der Waals surface area contributed by atoms with E-state index in [1.165, 1.54) is 4.90 Å². The quantitative estimate of drug-likeness (QED) is 0.855.